The highest BCUT2D eigenvalue weighted by Gasteiger charge is 2.53. The first-order valence-corrected chi connectivity index (χ1v) is 7.20. The van der Waals surface area contributed by atoms with E-state index in [2.05, 4.69) is 29.6 Å². The summed E-state index contributed by atoms with van der Waals surface area (Å²) >= 11 is 5.02. The van der Waals surface area contributed by atoms with Crippen LogP contribution in [0.5, 0.6) is 0 Å². The van der Waals surface area contributed by atoms with Gasteiger partial charge >= 0.3 is 0 Å². The van der Waals surface area contributed by atoms with Gasteiger partial charge in [-0.25, -0.2) is 0 Å². The molecule has 100 valence electrons. The van der Waals surface area contributed by atoms with E-state index in [-0.39, 0.29) is 11.9 Å². The second-order valence-electron chi connectivity index (χ2n) is 5.63. The molecule has 3 nitrogen and oxygen atoms in total. The Morgan fingerprint density at radius 2 is 2.00 bits per heavy atom. The summed E-state index contributed by atoms with van der Waals surface area (Å²) in [6.45, 7) is 0. The first kappa shape index (κ1) is 12.6. The van der Waals surface area contributed by atoms with Crippen molar-refractivity contribution in [1.29, 1.82) is 0 Å². The van der Waals surface area contributed by atoms with Crippen LogP contribution in [0.15, 0.2) is 24.3 Å². The Hall–Kier alpha value is -1.42. The number of rotatable bonds is 3. The summed E-state index contributed by atoms with van der Waals surface area (Å²) in [6.07, 6.45) is 4.54. The summed E-state index contributed by atoms with van der Waals surface area (Å²) in [6, 6.07) is 8.66. The highest BCUT2D eigenvalue weighted by molar-refractivity contribution is 7.80. The zero-order chi connectivity index (χ0) is 13.5. The van der Waals surface area contributed by atoms with Crippen molar-refractivity contribution < 1.29 is 4.79 Å². The molecule has 2 aliphatic rings. The monoisotopic (exact) mass is 274 g/mol. The lowest BCUT2D eigenvalue weighted by Crippen LogP contribution is -2.46. The normalized spacial score (nSPS) is 23.3. The number of nitrogens with one attached hydrogen (secondary N) is 1. The molecule has 1 atom stereocenters. The van der Waals surface area contributed by atoms with Crippen LogP contribution in [0.25, 0.3) is 0 Å². The molecule has 0 radical (unpaired) electrons. The zero-order valence-electron chi connectivity index (χ0n) is 10.8. The predicted octanol–water partition coefficient (Wildman–Crippen LogP) is 1.73. The minimum absolute atomic E-state index is 0.0318. The Morgan fingerprint density at radius 1 is 1.32 bits per heavy atom. The lowest BCUT2D eigenvalue weighted by molar-refractivity contribution is -0.124. The average molecular weight is 274 g/mol. The number of amides is 1. The minimum atomic E-state index is -0.535. The van der Waals surface area contributed by atoms with Gasteiger partial charge < -0.3 is 11.1 Å². The second-order valence-corrected chi connectivity index (χ2v) is 6.07. The number of carbonyl (C=O) groups is 1. The summed E-state index contributed by atoms with van der Waals surface area (Å²) in [5.41, 5.74) is 7.90. The lowest BCUT2D eigenvalue weighted by atomic mass is 9.88. The highest BCUT2D eigenvalue weighted by atomic mass is 32.1. The van der Waals surface area contributed by atoms with Crippen LogP contribution in [0.3, 0.4) is 0 Å². The third-order valence-electron chi connectivity index (χ3n) is 4.34. The van der Waals surface area contributed by atoms with Crippen LogP contribution in [0, 0.1) is 5.41 Å². The molecule has 1 unspecified atom stereocenters. The number of fused-ring (bicyclic) bond motifs is 1. The maximum absolute atomic E-state index is 12.3. The smallest absolute Gasteiger partial charge is 0.233 e. The molecule has 1 aromatic rings. The summed E-state index contributed by atoms with van der Waals surface area (Å²) in [4.78, 5) is 12.6. The molecule has 3 rings (SSSR count). The first-order chi connectivity index (χ1) is 9.12. The van der Waals surface area contributed by atoms with E-state index in [1.54, 1.807) is 0 Å². The average Bonchev–Trinajstić information content (AvgIpc) is 3.20. The topological polar surface area (TPSA) is 55.1 Å². The van der Waals surface area contributed by atoms with Crippen molar-refractivity contribution in [3.8, 4) is 0 Å². The van der Waals surface area contributed by atoms with Gasteiger partial charge in [0.2, 0.25) is 5.91 Å². The van der Waals surface area contributed by atoms with Crippen molar-refractivity contribution in [2.75, 3.05) is 0 Å². The third-order valence-corrected chi connectivity index (χ3v) is 4.73. The number of hydrogen-bond donors (Lipinski definition) is 2. The molecule has 4 heteroatoms. The number of aryl methyl sites for hydroxylation is 1. The van der Waals surface area contributed by atoms with Crippen molar-refractivity contribution >= 4 is 23.1 Å². The number of hydrogen-bond acceptors (Lipinski definition) is 2. The van der Waals surface area contributed by atoms with Gasteiger partial charge in [0.25, 0.3) is 0 Å². The molecule has 1 saturated carbocycles. The van der Waals surface area contributed by atoms with Gasteiger partial charge in [-0.2, -0.15) is 0 Å². The van der Waals surface area contributed by atoms with Crippen molar-refractivity contribution in [3.63, 3.8) is 0 Å². The lowest BCUT2D eigenvalue weighted by Gasteiger charge is -2.27. The molecule has 1 fully saturated rings. The molecule has 0 bridgehead atoms. The summed E-state index contributed by atoms with van der Waals surface area (Å²) in [5.74, 6) is 0.0318. The van der Waals surface area contributed by atoms with Crippen LogP contribution in [0.1, 0.15) is 30.4 Å². The molecule has 19 heavy (non-hydrogen) atoms. The molecule has 0 aliphatic heterocycles. The van der Waals surface area contributed by atoms with Gasteiger partial charge in [0.15, 0.2) is 0 Å². The van der Waals surface area contributed by atoms with Crippen LogP contribution < -0.4 is 11.1 Å². The largest absolute Gasteiger partial charge is 0.392 e. The van der Waals surface area contributed by atoms with Gasteiger partial charge in [-0.05, 0) is 43.2 Å². The van der Waals surface area contributed by atoms with Gasteiger partial charge in [-0.1, -0.05) is 36.5 Å². The zero-order valence-corrected chi connectivity index (χ0v) is 11.6. The second kappa shape index (κ2) is 4.60. The molecule has 0 saturated heterocycles. The Balaban J connectivity index is 1.67. The summed E-state index contributed by atoms with van der Waals surface area (Å²) in [7, 11) is 0. The quantitative estimate of drug-likeness (QED) is 0.825. The molecular weight excluding hydrogens is 256 g/mol. The Labute approximate surface area is 118 Å². The maximum atomic E-state index is 12.3. The van der Waals surface area contributed by atoms with Crippen LogP contribution in [0.2, 0.25) is 0 Å². The molecular formula is C15H18N2OS. The van der Waals surface area contributed by atoms with Crippen LogP contribution in [-0.2, 0) is 17.6 Å². The van der Waals surface area contributed by atoms with Crippen molar-refractivity contribution in [1.82, 2.24) is 5.32 Å². The van der Waals surface area contributed by atoms with E-state index >= 15 is 0 Å². The first-order valence-electron chi connectivity index (χ1n) is 6.79. The van der Waals surface area contributed by atoms with E-state index in [4.69, 9.17) is 18.0 Å². The third kappa shape index (κ3) is 2.25. The Morgan fingerprint density at radius 3 is 2.63 bits per heavy atom. The maximum Gasteiger partial charge on any atom is 0.233 e. The van der Waals surface area contributed by atoms with Gasteiger partial charge in [0.05, 0.1) is 10.4 Å². The molecule has 2 aliphatic carbocycles. The SMILES string of the molecule is NC(=S)C1(C(=O)NC2CCc3ccccc3C2)CC1. The van der Waals surface area contributed by atoms with Crippen LogP contribution in [0.4, 0.5) is 0 Å². The van der Waals surface area contributed by atoms with Crippen molar-refractivity contribution in [2.24, 2.45) is 11.1 Å². The van der Waals surface area contributed by atoms with E-state index in [0.717, 1.165) is 32.1 Å². The van der Waals surface area contributed by atoms with E-state index in [1.807, 2.05) is 0 Å². The van der Waals surface area contributed by atoms with Gasteiger partial charge in [-0.15, -0.1) is 0 Å². The predicted molar refractivity (Wildman–Crippen MR) is 78.9 cm³/mol. The fourth-order valence-electron chi connectivity index (χ4n) is 2.85. The molecule has 1 amide bonds. The molecule has 0 heterocycles. The fourth-order valence-corrected chi connectivity index (χ4v) is 3.15. The van der Waals surface area contributed by atoms with E-state index in [0.29, 0.717) is 4.99 Å². The Bertz CT molecular complexity index is 537. The molecule has 3 N–H and O–H groups in total. The van der Waals surface area contributed by atoms with E-state index in [9.17, 15) is 4.79 Å². The summed E-state index contributed by atoms with van der Waals surface area (Å²) < 4.78 is 0. The van der Waals surface area contributed by atoms with E-state index < -0.39 is 5.41 Å². The molecule has 0 spiro atoms. The molecule has 0 aromatic heterocycles. The number of nitrogens with two attached hydrogens (primary N) is 1. The molecule has 1 aromatic carbocycles. The highest BCUT2D eigenvalue weighted by Crippen LogP contribution is 2.46. The number of carbonyl (C=O) groups excluding carboxylic acids is 1. The number of thiocarbonyl (C=S) groups is 1. The summed E-state index contributed by atoms with van der Waals surface area (Å²) in [5, 5.41) is 3.14. The van der Waals surface area contributed by atoms with Gasteiger partial charge in [-0.3, -0.25) is 4.79 Å². The fraction of sp³-hybridized carbons (Fsp3) is 0.467. The van der Waals surface area contributed by atoms with Crippen molar-refractivity contribution in [2.45, 2.75) is 38.1 Å². The Kier molecular flexibility index (Phi) is 3.05. The van der Waals surface area contributed by atoms with Crippen LogP contribution >= 0.6 is 12.2 Å². The number of benzene rings is 1. The van der Waals surface area contributed by atoms with Crippen LogP contribution in [-0.4, -0.2) is 16.9 Å². The van der Waals surface area contributed by atoms with Crippen molar-refractivity contribution in [3.05, 3.63) is 35.4 Å². The van der Waals surface area contributed by atoms with Gasteiger partial charge in [0.1, 0.15) is 0 Å². The van der Waals surface area contributed by atoms with Gasteiger partial charge in [0, 0.05) is 6.04 Å². The standard InChI is InChI=1S/C15H18N2OS/c16-13(19)15(7-8-15)14(18)17-12-6-5-10-3-1-2-4-11(10)9-12/h1-4,12H,5-9H2,(H2,16,19)(H,17,18). The minimum Gasteiger partial charge on any atom is -0.392 e. The van der Waals surface area contributed by atoms with E-state index in [1.165, 1.54) is 11.1 Å².